The van der Waals surface area contributed by atoms with Crippen LogP contribution in [0.1, 0.15) is 30.0 Å². The standard InChI is InChI=1S/C20H22N8O3/c1-26-18(29)11-28(20(26)30)16-5-13(12-3-4-12)9-27-10-15(23-19(16)27)7-21-14-6-17(25-31-2)24-22-8-14/h5-6,8-10,12H,3-4,7,11H2,1-2H3,(H2,21,24,25). The molecule has 2 fully saturated rings. The lowest BCUT2D eigenvalue weighted by Crippen LogP contribution is -2.30. The third-order valence-electron chi connectivity index (χ3n) is 5.46. The molecule has 2 aliphatic rings. The highest BCUT2D eigenvalue weighted by Crippen LogP contribution is 2.42. The summed E-state index contributed by atoms with van der Waals surface area (Å²) in [5.74, 6) is 0.757. The molecule has 11 heteroatoms. The second kappa shape index (κ2) is 7.51. The predicted molar refractivity (Wildman–Crippen MR) is 113 cm³/mol. The monoisotopic (exact) mass is 422 g/mol. The van der Waals surface area contributed by atoms with Crippen molar-refractivity contribution >= 4 is 34.8 Å². The molecule has 11 nitrogen and oxygen atoms in total. The summed E-state index contributed by atoms with van der Waals surface area (Å²) < 4.78 is 1.94. The van der Waals surface area contributed by atoms with Crippen molar-refractivity contribution in [3.8, 4) is 0 Å². The summed E-state index contributed by atoms with van der Waals surface area (Å²) in [5, 5.41) is 11.1. The van der Waals surface area contributed by atoms with Gasteiger partial charge in [-0.05, 0) is 30.4 Å². The first kappa shape index (κ1) is 19.2. The Kier molecular flexibility index (Phi) is 4.66. The summed E-state index contributed by atoms with van der Waals surface area (Å²) in [6, 6.07) is 3.44. The number of rotatable bonds is 7. The number of nitrogens with one attached hydrogen (secondary N) is 2. The molecule has 5 rings (SSSR count). The topological polar surface area (TPSA) is 117 Å². The summed E-state index contributed by atoms with van der Waals surface area (Å²) in [4.78, 5) is 36.9. The van der Waals surface area contributed by atoms with Crippen molar-refractivity contribution in [1.82, 2.24) is 24.5 Å². The number of aromatic nitrogens is 4. The lowest BCUT2D eigenvalue weighted by molar-refractivity contribution is -0.123. The smallest absolute Gasteiger partial charge is 0.331 e. The number of nitrogens with zero attached hydrogens (tertiary/aromatic N) is 6. The highest BCUT2D eigenvalue weighted by atomic mass is 16.6. The number of hydrogen-bond donors (Lipinski definition) is 2. The maximum absolute atomic E-state index is 12.6. The average molecular weight is 422 g/mol. The third kappa shape index (κ3) is 3.63. The van der Waals surface area contributed by atoms with Gasteiger partial charge in [-0.3, -0.25) is 19.4 Å². The summed E-state index contributed by atoms with van der Waals surface area (Å²) >= 11 is 0. The van der Waals surface area contributed by atoms with E-state index in [2.05, 4.69) is 27.2 Å². The van der Waals surface area contributed by atoms with Gasteiger partial charge in [0, 0.05) is 25.5 Å². The highest BCUT2D eigenvalue weighted by molar-refractivity contribution is 6.13. The second-order valence-electron chi connectivity index (χ2n) is 7.71. The Labute approximate surface area is 178 Å². The molecule has 1 aliphatic heterocycles. The van der Waals surface area contributed by atoms with E-state index in [9.17, 15) is 9.59 Å². The zero-order chi connectivity index (χ0) is 21.5. The Morgan fingerprint density at radius 1 is 1.23 bits per heavy atom. The van der Waals surface area contributed by atoms with Gasteiger partial charge in [-0.25, -0.2) is 15.3 Å². The van der Waals surface area contributed by atoms with Crippen LogP contribution < -0.4 is 15.7 Å². The maximum Gasteiger partial charge on any atom is 0.331 e. The Morgan fingerprint density at radius 3 is 2.77 bits per heavy atom. The molecule has 31 heavy (non-hydrogen) atoms. The first-order valence-corrected chi connectivity index (χ1v) is 9.98. The van der Waals surface area contributed by atoms with E-state index in [1.165, 1.54) is 19.1 Å². The molecule has 4 heterocycles. The van der Waals surface area contributed by atoms with Gasteiger partial charge in [0.1, 0.15) is 6.54 Å². The highest BCUT2D eigenvalue weighted by Gasteiger charge is 2.36. The van der Waals surface area contributed by atoms with Crippen molar-refractivity contribution in [2.45, 2.75) is 25.3 Å². The summed E-state index contributed by atoms with van der Waals surface area (Å²) in [6.07, 6.45) is 7.87. The van der Waals surface area contributed by atoms with Crippen molar-refractivity contribution in [3.05, 3.63) is 42.0 Å². The Morgan fingerprint density at radius 2 is 2.06 bits per heavy atom. The van der Waals surface area contributed by atoms with Crippen LogP contribution in [0.15, 0.2) is 30.7 Å². The minimum absolute atomic E-state index is 0.0253. The van der Waals surface area contributed by atoms with Gasteiger partial charge in [-0.2, -0.15) is 5.10 Å². The quantitative estimate of drug-likeness (QED) is 0.439. The molecular weight excluding hydrogens is 400 g/mol. The van der Waals surface area contributed by atoms with Crippen LogP contribution in [0.25, 0.3) is 5.65 Å². The lowest BCUT2D eigenvalue weighted by atomic mass is 10.1. The molecule has 1 aliphatic carbocycles. The molecule has 1 saturated carbocycles. The van der Waals surface area contributed by atoms with Gasteiger partial charge < -0.3 is 9.72 Å². The fourth-order valence-corrected chi connectivity index (χ4v) is 3.67. The van der Waals surface area contributed by atoms with E-state index in [-0.39, 0.29) is 18.5 Å². The fourth-order valence-electron chi connectivity index (χ4n) is 3.67. The number of imidazole rings is 1. The van der Waals surface area contributed by atoms with E-state index >= 15 is 0 Å². The number of pyridine rings is 1. The van der Waals surface area contributed by atoms with Crippen LogP contribution in [0.2, 0.25) is 0 Å². The molecular formula is C20H22N8O3. The normalized spacial score (nSPS) is 16.5. The molecule has 0 atom stereocenters. The maximum atomic E-state index is 12.6. The van der Waals surface area contributed by atoms with Crippen molar-refractivity contribution in [2.75, 3.05) is 36.4 Å². The average Bonchev–Trinajstić information content (AvgIpc) is 3.49. The number of amides is 3. The van der Waals surface area contributed by atoms with Crippen molar-refractivity contribution in [2.24, 2.45) is 0 Å². The van der Waals surface area contributed by atoms with Gasteiger partial charge in [0.2, 0.25) is 5.91 Å². The van der Waals surface area contributed by atoms with Crippen molar-refractivity contribution in [3.63, 3.8) is 0 Å². The van der Waals surface area contributed by atoms with Crippen LogP contribution >= 0.6 is 0 Å². The van der Waals surface area contributed by atoms with E-state index in [0.29, 0.717) is 29.6 Å². The number of carbonyl (C=O) groups excluding carboxylic acids is 2. The molecule has 0 aromatic carbocycles. The minimum atomic E-state index is -0.330. The van der Waals surface area contributed by atoms with Crippen LogP contribution in [0.3, 0.4) is 0 Å². The van der Waals surface area contributed by atoms with Crippen LogP contribution in [0, 0.1) is 0 Å². The summed E-state index contributed by atoms with van der Waals surface area (Å²) in [5.41, 5.74) is 6.65. The zero-order valence-electron chi connectivity index (χ0n) is 17.2. The van der Waals surface area contributed by atoms with E-state index in [1.807, 2.05) is 16.7 Å². The molecule has 0 radical (unpaired) electrons. The van der Waals surface area contributed by atoms with Gasteiger partial charge in [-0.15, -0.1) is 5.10 Å². The predicted octanol–water partition coefficient (Wildman–Crippen LogP) is 1.99. The van der Waals surface area contributed by atoms with Gasteiger partial charge in [0.25, 0.3) is 0 Å². The molecule has 3 aromatic heterocycles. The SMILES string of the molecule is CONc1cc(NCc2cn3cc(C4CC4)cc(N4CC(=O)N(C)C4=O)c3n2)cnn1. The molecule has 3 aromatic rings. The first-order valence-electron chi connectivity index (χ1n) is 9.98. The van der Waals surface area contributed by atoms with E-state index in [4.69, 9.17) is 9.82 Å². The molecule has 1 saturated heterocycles. The number of likely N-dealkylation sites (N-methyl/N-ethyl adjacent to an activating group) is 1. The summed E-state index contributed by atoms with van der Waals surface area (Å²) in [6.45, 7) is 0.474. The van der Waals surface area contributed by atoms with Gasteiger partial charge >= 0.3 is 6.03 Å². The first-order chi connectivity index (χ1) is 15.0. The second-order valence-corrected chi connectivity index (χ2v) is 7.71. The zero-order valence-corrected chi connectivity index (χ0v) is 17.2. The number of anilines is 3. The molecule has 2 N–H and O–H groups in total. The van der Waals surface area contributed by atoms with E-state index in [0.717, 1.165) is 34.7 Å². The number of hydrogen-bond acceptors (Lipinski definition) is 8. The van der Waals surface area contributed by atoms with Gasteiger partial charge in [0.15, 0.2) is 11.5 Å². The van der Waals surface area contributed by atoms with E-state index in [1.54, 1.807) is 12.3 Å². The Hall–Kier alpha value is -3.73. The lowest BCUT2D eigenvalue weighted by Gasteiger charge is -2.17. The fraction of sp³-hybridized carbons (Fsp3) is 0.350. The number of urea groups is 1. The van der Waals surface area contributed by atoms with Crippen LogP contribution in [-0.4, -0.2) is 57.1 Å². The van der Waals surface area contributed by atoms with Gasteiger partial charge in [-0.1, -0.05) is 0 Å². The molecule has 160 valence electrons. The third-order valence-corrected chi connectivity index (χ3v) is 5.46. The largest absolute Gasteiger partial charge is 0.378 e. The number of carbonyl (C=O) groups is 2. The Balaban J connectivity index is 1.45. The van der Waals surface area contributed by atoms with Gasteiger partial charge in [0.05, 0.1) is 36.9 Å². The molecule has 0 unspecified atom stereocenters. The minimum Gasteiger partial charge on any atom is -0.378 e. The number of fused-ring (bicyclic) bond motifs is 1. The molecule has 0 bridgehead atoms. The van der Waals surface area contributed by atoms with Crippen molar-refractivity contribution < 1.29 is 14.4 Å². The van der Waals surface area contributed by atoms with Crippen LogP contribution in [0.5, 0.6) is 0 Å². The van der Waals surface area contributed by atoms with Crippen LogP contribution in [-0.2, 0) is 16.2 Å². The number of imide groups is 1. The van der Waals surface area contributed by atoms with Crippen molar-refractivity contribution in [1.29, 1.82) is 0 Å². The van der Waals surface area contributed by atoms with E-state index < -0.39 is 0 Å². The Bertz CT molecular complexity index is 1170. The summed E-state index contributed by atoms with van der Waals surface area (Å²) in [7, 11) is 3.01. The molecule has 0 spiro atoms. The van der Waals surface area contributed by atoms with Crippen LogP contribution in [0.4, 0.5) is 22.0 Å². The molecule has 3 amide bonds.